The SMILES string of the molecule is CC1=C(O)C=C2NC=CN2C1O. The molecule has 3 N–H and O–H groups in total. The van der Waals surface area contributed by atoms with Gasteiger partial charge >= 0.3 is 0 Å². The highest BCUT2D eigenvalue weighted by Crippen LogP contribution is 2.24. The van der Waals surface area contributed by atoms with Crippen LogP contribution in [0, 0.1) is 0 Å². The maximum absolute atomic E-state index is 9.59. The van der Waals surface area contributed by atoms with E-state index in [1.807, 2.05) is 0 Å². The minimum atomic E-state index is -0.753. The Morgan fingerprint density at radius 2 is 2.33 bits per heavy atom. The van der Waals surface area contributed by atoms with Crippen LogP contribution in [0.1, 0.15) is 6.92 Å². The van der Waals surface area contributed by atoms with Crippen molar-refractivity contribution in [1.29, 1.82) is 0 Å². The lowest BCUT2D eigenvalue weighted by Gasteiger charge is -2.28. The van der Waals surface area contributed by atoms with Crippen LogP contribution in [0.15, 0.2) is 35.6 Å². The van der Waals surface area contributed by atoms with Gasteiger partial charge in [0.2, 0.25) is 0 Å². The zero-order chi connectivity index (χ0) is 8.72. The first-order valence-electron chi connectivity index (χ1n) is 3.71. The van der Waals surface area contributed by atoms with Gasteiger partial charge in [0.05, 0.1) is 0 Å². The third-order valence-corrected chi connectivity index (χ3v) is 2.07. The summed E-state index contributed by atoms with van der Waals surface area (Å²) in [6.45, 7) is 1.69. The van der Waals surface area contributed by atoms with E-state index < -0.39 is 6.23 Å². The van der Waals surface area contributed by atoms with Crippen molar-refractivity contribution in [2.24, 2.45) is 0 Å². The smallest absolute Gasteiger partial charge is 0.157 e. The molecule has 2 aliphatic rings. The van der Waals surface area contributed by atoms with Crippen molar-refractivity contribution in [3.8, 4) is 0 Å². The molecule has 0 spiro atoms. The number of hydrogen-bond acceptors (Lipinski definition) is 4. The average molecular weight is 166 g/mol. The second-order valence-corrected chi connectivity index (χ2v) is 2.84. The summed E-state index contributed by atoms with van der Waals surface area (Å²) in [4.78, 5) is 1.65. The van der Waals surface area contributed by atoms with Gasteiger partial charge in [-0.3, -0.25) is 0 Å². The molecule has 0 bridgehead atoms. The van der Waals surface area contributed by atoms with Crippen LogP contribution in [-0.4, -0.2) is 21.3 Å². The Bertz CT molecular complexity index is 304. The lowest BCUT2D eigenvalue weighted by atomic mass is 10.1. The van der Waals surface area contributed by atoms with Crippen molar-refractivity contribution >= 4 is 0 Å². The number of nitrogens with one attached hydrogen (secondary N) is 1. The molecule has 1 atom stereocenters. The largest absolute Gasteiger partial charge is 0.508 e. The summed E-state index contributed by atoms with van der Waals surface area (Å²) in [5, 5.41) is 21.8. The van der Waals surface area contributed by atoms with E-state index in [1.165, 1.54) is 0 Å². The number of aliphatic hydroxyl groups is 2. The third kappa shape index (κ3) is 0.816. The molecule has 2 rings (SSSR count). The van der Waals surface area contributed by atoms with Crippen LogP contribution in [0.25, 0.3) is 0 Å². The molecule has 12 heavy (non-hydrogen) atoms. The molecule has 0 aromatic rings. The van der Waals surface area contributed by atoms with Crippen LogP contribution in [-0.2, 0) is 0 Å². The molecular weight excluding hydrogens is 156 g/mol. The lowest BCUT2D eigenvalue weighted by Crippen LogP contribution is -2.34. The second kappa shape index (κ2) is 2.28. The summed E-state index contributed by atoms with van der Waals surface area (Å²) >= 11 is 0. The number of hydrogen-bond donors (Lipinski definition) is 3. The maximum atomic E-state index is 9.59. The van der Waals surface area contributed by atoms with E-state index in [1.54, 1.807) is 30.3 Å². The first-order valence-corrected chi connectivity index (χ1v) is 3.71. The fraction of sp³-hybridized carbons (Fsp3) is 0.250. The van der Waals surface area contributed by atoms with Crippen molar-refractivity contribution in [2.45, 2.75) is 13.2 Å². The van der Waals surface area contributed by atoms with E-state index in [2.05, 4.69) is 5.32 Å². The number of aliphatic hydroxyl groups excluding tert-OH is 2. The summed E-state index contributed by atoms with van der Waals surface area (Å²) < 4.78 is 0. The third-order valence-electron chi connectivity index (χ3n) is 2.07. The van der Waals surface area contributed by atoms with Crippen LogP contribution in [0.5, 0.6) is 0 Å². The fourth-order valence-electron chi connectivity index (χ4n) is 1.27. The van der Waals surface area contributed by atoms with E-state index >= 15 is 0 Å². The van der Waals surface area contributed by atoms with E-state index in [0.717, 1.165) is 0 Å². The first kappa shape index (κ1) is 7.24. The molecule has 0 radical (unpaired) electrons. The Balaban J connectivity index is 2.41. The standard InChI is InChI=1S/C8H10N2O2/c1-5-6(11)4-7-9-2-3-10(7)8(5)12/h2-4,8-9,11-12H,1H3. The average Bonchev–Trinajstić information content (AvgIpc) is 2.48. The summed E-state index contributed by atoms with van der Waals surface area (Å²) in [6, 6.07) is 0. The van der Waals surface area contributed by atoms with Crippen molar-refractivity contribution in [3.05, 3.63) is 35.6 Å². The molecule has 0 aromatic carbocycles. The van der Waals surface area contributed by atoms with Gasteiger partial charge in [0.25, 0.3) is 0 Å². The van der Waals surface area contributed by atoms with Crippen LogP contribution >= 0.6 is 0 Å². The van der Waals surface area contributed by atoms with Crippen LogP contribution in [0.3, 0.4) is 0 Å². The molecule has 4 nitrogen and oxygen atoms in total. The molecule has 64 valence electrons. The summed E-state index contributed by atoms with van der Waals surface area (Å²) in [6.07, 6.45) is 4.27. The Morgan fingerprint density at radius 3 is 3.08 bits per heavy atom. The van der Waals surface area contributed by atoms with E-state index in [0.29, 0.717) is 11.4 Å². The second-order valence-electron chi connectivity index (χ2n) is 2.84. The predicted molar refractivity (Wildman–Crippen MR) is 43.5 cm³/mol. The highest BCUT2D eigenvalue weighted by Gasteiger charge is 2.26. The minimum Gasteiger partial charge on any atom is -0.508 e. The van der Waals surface area contributed by atoms with Gasteiger partial charge in [0, 0.05) is 24.0 Å². The van der Waals surface area contributed by atoms with Crippen molar-refractivity contribution in [3.63, 3.8) is 0 Å². The quantitative estimate of drug-likeness (QED) is 0.486. The highest BCUT2D eigenvalue weighted by atomic mass is 16.3. The van der Waals surface area contributed by atoms with E-state index in [9.17, 15) is 10.2 Å². The number of fused-ring (bicyclic) bond motifs is 1. The van der Waals surface area contributed by atoms with Gasteiger partial charge in [-0.1, -0.05) is 0 Å². The predicted octanol–water partition coefficient (Wildman–Crippen LogP) is 0.368. The zero-order valence-electron chi connectivity index (χ0n) is 6.65. The molecule has 0 saturated carbocycles. The molecule has 2 heterocycles. The van der Waals surface area contributed by atoms with Gasteiger partial charge in [-0.05, 0) is 6.92 Å². The topological polar surface area (TPSA) is 55.7 Å². The summed E-state index contributed by atoms with van der Waals surface area (Å²) in [5.74, 6) is 0.829. The molecule has 0 saturated heterocycles. The minimum absolute atomic E-state index is 0.130. The number of rotatable bonds is 0. The molecule has 0 amide bonds. The van der Waals surface area contributed by atoms with Crippen molar-refractivity contribution in [1.82, 2.24) is 10.2 Å². The molecule has 0 fully saturated rings. The van der Waals surface area contributed by atoms with Crippen LogP contribution in [0.4, 0.5) is 0 Å². The Kier molecular flexibility index (Phi) is 1.38. The molecule has 2 aliphatic heterocycles. The molecule has 0 aromatic heterocycles. The Morgan fingerprint density at radius 1 is 1.58 bits per heavy atom. The first-order chi connectivity index (χ1) is 5.70. The van der Waals surface area contributed by atoms with Crippen LogP contribution < -0.4 is 5.32 Å². The van der Waals surface area contributed by atoms with E-state index in [4.69, 9.17) is 0 Å². The van der Waals surface area contributed by atoms with Gasteiger partial charge in [0.15, 0.2) is 6.23 Å². The van der Waals surface area contributed by atoms with Crippen molar-refractivity contribution < 1.29 is 10.2 Å². The molecule has 1 unspecified atom stereocenters. The summed E-state index contributed by atoms with van der Waals surface area (Å²) in [5.41, 5.74) is 0.562. The Hall–Kier alpha value is -1.42. The molecular formula is C8H10N2O2. The normalized spacial score (nSPS) is 27.0. The number of nitrogens with zero attached hydrogens (tertiary/aromatic N) is 1. The maximum Gasteiger partial charge on any atom is 0.157 e. The van der Waals surface area contributed by atoms with Gasteiger partial charge < -0.3 is 20.4 Å². The van der Waals surface area contributed by atoms with Gasteiger partial charge in [-0.25, -0.2) is 0 Å². The van der Waals surface area contributed by atoms with Crippen molar-refractivity contribution in [2.75, 3.05) is 0 Å². The molecule has 4 heteroatoms. The van der Waals surface area contributed by atoms with Gasteiger partial charge in [-0.15, -0.1) is 0 Å². The zero-order valence-corrected chi connectivity index (χ0v) is 6.65. The molecule has 0 aliphatic carbocycles. The summed E-state index contributed by atoms with van der Waals surface area (Å²) in [7, 11) is 0. The Labute approximate surface area is 70.1 Å². The lowest BCUT2D eigenvalue weighted by molar-refractivity contribution is 0.0858. The number of allylic oxidation sites excluding steroid dienone is 1. The fourth-order valence-corrected chi connectivity index (χ4v) is 1.27. The monoisotopic (exact) mass is 166 g/mol. The van der Waals surface area contributed by atoms with Crippen LogP contribution in [0.2, 0.25) is 0 Å². The van der Waals surface area contributed by atoms with E-state index in [-0.39, 0.29) is 5.76 Å². The van der Waals surface area contributed by atoms with Gasteiger partial charge in [-0.2, -0.15) is 0 Å². The highest BCUT2D eigenvalue weighted by molar-refractivity contribution is 5.32. The van der Waals surface area contributed by atoms with Gasteiger partial charge in [0.1, 0.15) is 11.6 Å².